The van der Waals surface area contributed by atoms with Crippen molar-refractivity contribution in [3.63, 3.8) is 0 Å². The number of esters is 4. The molecule has 1 saturated heterocycles. The Morgan fingerprint density at radius 1 is 0.535 bits per heavy atom. The van der Waals surface area contributed by atoms with Crippen molar-refractivity contribution >= 4 is 77.9 Å². The monoisotopic (exact) mass is 1840 g/mol. The van der Waals surface area contributed by atoms with Gasteiger partial charge in [-0.25, -0.2) is 4.79 Å². The number of likely N-dealkylation sites (N-methyl/N-ethyl adjacent to an activating group) is 2. The number of likely N-dealkylation sites (tertiary alicyclic amines) is 1. The fraction of sp³-hybridized carbons (Fsp3) is 0.807. The molecule has 127 heavy (non-hydrogen) atoms. The third-order valence-corrected chi connectivity index (χ3v) is 21.1. The van der Waals surface area contributed by atoms with Crippen LogP contribution in [0.1, 0.15) is 198 Å². The number of ether oxygens (including phenoxy) is 14. The first-order chi connectivity index (χ1) is 60.4. The summed E-state index contributed by atoms with van der Waals surface area (Å²) in [6.07, 6.45) is -0.838. The lowest BCUT2D eigenvalue weighted by Crippen LogP contribution is -2.59. The first kappa shape index (κ1) is 122. The van der Waals surface area contributed by atoms with E-state index in [9.17, 15) is 57.8 Å². The average molecular weight is 1840 g/mol. The van der Waals surface area contributed by atoms with E-state index < -0.39 is 121 Å². The van der Waals surface area contributed by atoms with E-state index in [0.717, 1.165) is 5.56 Å². The summed E-state index contributed by atoms with van der Waals surface area (Å²) in [5.41, 5.74) is 0.771. The molecule has 0 saturated carbocycles. The number of aliphatic carboxylic acids is 1. The Labute approximate surface area is 758 Å². The van der Waals surface area contributed by atoms with Crippen LogP contribution in [0.3, 0.4) is 0 Å². The molecule has 0 aromatic heterocycles. The quantitative estimate of drug-likeness (QED) is 0.0183. The van der Waals surface area contributed by atoms with Crippen molar-refractivity contribution in [1.29, 1.82) is 0 Å². The molecule has 18 atom stereocenters. The molecule has 1 fully saturated rings. The fourth-order valence-electron chi connectivity index (χ4n) is 13.2. The summed E-state index contributed by atoms with van der Waals surface area (Å²) in [6, 6.07) is 5.78. The number of thiol groups is 1. The molecule has 9 unspecified atom stereocenters. The topological polar surface area (TPSA) is 496 Å². The van der Waals surface area contributed by atoms with Crippen LogP contribution >= 0.6 is 12.6 Å². The van der Waals surface area contributed by atoms with Crippen LogP contribution in [0.2, 0.25) is 0 Å². The number of carboxylic acid groups (broad SMARTS) is 1. The highest BCUT2D eigenvalue weighted by Crippen LogP contribution is 2.31. The maximum atomic E-state index is 14.5. The van der Waals surface area contributed by atoms with Gasteiger partial charge < -0.3 is 128 Å². The van der Waals surface area contributed by atoms with Crippen LogP contribution < -0.4 is 21.3 Å². The zero-order valence-electron chi connectivity index (χ0n) is 79.3. The maximum Gasteiger partial charge on any atom is 0.329 e. The number of aliphatic hydroxyl groups excluding tert-OH is 5. The molecule has 0 bridgehead atoms. The molecular weight excluding hydrogens is 1680 g/mol. The predicted molar refractivity (Wildman–Crippen MR) is 474 cm³/mol. The molecule has 1 aromatic carbocycles. The minimum atomic E-state index is -1.11. The van der Waals surface area contributed by atoms with Crippen molar-refractivity contribution in [2.24, 2.45) is 23.7 Å². The fourth-order valence-corrected chi connectivity index (χ4v) is 13.3. The highest BCUT2D eigenvalue weighted by Gasteiger charge is 2.44. The van der Waals surface area contributed by atoms with Gasteiger partial charge in [-0.2, -0.15) is 12.6 Å². The van der Waals surface area contributed by atoms with Gasteiger partial charge in [0.2, 0.25) is 35.4 Å². The number of rotatable bonds is 65. The number of carbonyl (C=O) groups excluding carboxylic acids is 10. The van der Waals surface area contributed by atoms with Crippen LogP contribution in [-0.4, -0.2) is 351 Å². The van der Waals surface area contributed by atoms with Gasteiger partial charge in [0.1, 0.15) is 38.0 Å². The highest BCUT2D eigenvalue weighted by molar-refractivity contribution is 7.80. The molecule has 10 N–H and O–H groups in total. The third-order valence-electron chi connectivity index (χ3n) is 20.9. The van der Waals surface area contributed by atoms with E-state index in [4.69, 9.17) is 91.8 Å². The summed E-state index contributed by atoms with van der Waals surface area (Å²) in [5, 5.41) is 64.5. The molecule has 1 aromatic rings. The van der Waals surface area contributed by atoms with Crippen molar-refractivity contribution < 1.29 is 150 Å². The van der Waals surface area contributed by atoms with E-state index in [1.54, 1.807) is 30.7 Å². The number of carbonyl (C=O) groups is 11. The van der Waals surface area contributed by atoms with E-state index in [1.165, 1.54) is 42.7 Å². The third kappa shape index (κ3) is 52.1. The van der Waals surface area contributed by atoms with Crippen LogP contribution in [0.4, 0.5) is 0 Å². The SMILES string of the molecule is CCC(CO)OC(CO)OC.CCC(CO)OC(COC(=O)CCCC(=O)NCC(C)OC(=O)[C@H](Cc1ccccc1)NC(=O)[C@H](C)[C@@H](OC)[C@@H]1CCCN1C(=O)C[C@@H](OC)[C@H]([C@@H](C)CC)N(C)C(=O)[C@@H](NC(=O)[C@H](C(C)C)N(C)C)C(C)C)OC.CCC(CO)OC(COC(=O)CCCC(=O)NCCS)OC.CCC(CO)OC(COC(=O)CCCC(=O)O)OC. The summed E-state index contributed by atoms with van der Waals surface area (Å²) < 4.78 is 74.4. The Hall–Kier alpha value is -6.90. The van der Waals surface area contributed by atoms with Crippen molar-refractivity contribution in [2.75, 3.05) is 142 Å². The van der Waals surface area contributed by atoms with Crippen LogP contribution in [0.25, 0.3) is 0 Å². The first-order valence-corrected chi connectivity index (χ1v) is 44.7. The number of aliphatic hydroxyl groups is 5. The van der Waals surface area contributed by atoms with Crippen molar-refractivity contribution in [3.8, 4) is 0 Å². The highest BCUT2D eigenvalue weighted by atomic mass is 32.1. The van der Waals surface area contributed by atoms with Gasteiger partial charge in [0.15, 0.2) is 25.2 Å². The normalized spacial score (nSPS) is 16.6. The number of nitrogens with zero attached hydrogens (tertiary/aromatic N) is 3. The second-order valence-electron chi connectivity index (χ2n) is 31.6. The molecule has 1 aliphatic rings. The van der Waals surface area contributed by atoms with E-state index in [0.29, 0.717) is 70.2 Å². The molecule has 1 heterocycles. The number of carboxylic acids is 1. The smallest absolute Gasteiger partial charge is 0.329 e. The zero-order chi connectivity index (χ0) is 96.7. The lowest BCUT2D eigenvalue weighted by atomic mass is 9.89. The minimum Gasteiger partial charge on any atom is -0.481 e. The van der Waals surface area contributed by atoms with Gasteiger partial charge >= 0.3 is 29.8 Å². The number of hydrogen-bond acceptors (Lipinski definition) is 32. The molecule has 0 spiro atoms. The number of benzene rings is 1. The van der Waals surface area contributed by atoms with Crippen molar-refractivity contribution in [2.45, 2.75) is 297 Å². The van der Waals surface area contributed by atoms with Crippen LogP contribution in [0.5, 0.6) is 0 Å². The van der Waals surface area contributed by atoms with E-state index in [2.05, 4.69) is 33.9 Å². The Morgan fingerprint density at radius 2 is 0.984 bits per heavy atom. The first-order valence-electron chi connectivity index (χ1n) is 44.1. The van der Waals surface area contributed by atoms with Crippen molar-refractivity contribution in [3.05, 3.63) is 35.9 Å². The van der Waals surface area contributed by atoms with Gasteiger partial charge in [0.05, 0.1) is 107 Å². The van der Waals surface area contributed by atoms with Crippen molar-refractivity contribution in [1.82, 2.24) is 36.0 Å². The van der Waals surface area contributed by atoms with Gasteiger partial charge in [-0.05, 0) is 102 Å². The summed E-state index contributed by atoms with van der Waals surface area (Å²) >= 11 is 3.98. The second kappa shape index (κ2) is 72.8. The van der Waals surface area contributed by atoms with Crippen LogP contribution in [0, 0.1) is 23.7 Å². The minimum absolute atomic E-state index is 0.00787. The molecule has 0 aliphatic carbocycles. The van der Waals surface area contributed by atoms with Crippen LogP contribution in [-0.2, 0) is 125 Å². The molecule has 1 aliphatic heterocycles. The van der Waals surface area contributed by atoms with E-state index in [-0.39, 0.29) is 189 Å². The van der Waals surface area contributed by atoms with Crippen LogP contribution in [0.15, 0.2) is 30.3 Å². The van der Waals surface area contributed by atoms with E-state index in [1.807, 2.05) is 119 Å². The largest absolute Gasteiger partial charge is 0.481 e. The summed E-state index contributed by atoms with van der Waals surface area (Å²) in [4.78, 5) is 145. The molecule has 738 valence electrons. The predicted octanol–water partition coefficient (Wildman–Crippen LogP) is 4.67. The molecule has 39 heteroatoms. The lowest BCUT2D eigenvalue weighted by Gasteiger charge is -2.41. The number of amides is 6. The Morgan fingerprint density at radius 3 is 1.36 bits per heavy atom. The van der Waals surface area contributed by atoms with Gasteiger partial charge in [-0.3, -0.25) is 52.8 Å². The zero-order valence-corrected chi connectivity index (χ0v) is 80.2. The Balaban J connectivity index is 0. The summed E-state index contributed by atoms with van der Waals surface area (Å²) in [5.74, 6) is -5.33. The maximum absolute atomic E-state index is 14.5. The Bertz CT molecular complexity index is 3120. The molecule has 6 amide bonds. The number of methoxy groups -OCH3 is 6. The van der Waals surface area contributed by atoms with E-state index >= 15 is 0 Å². The molecular formula is C88H159N7O31S. The average Bonchev–Trinajstić information content (AvgIpc) is 1.76. The Kier molecular flexibility index (Phi) is 70.0. The lowest BCUT2D eigenvalue weighted by molar-refractivity contribution is -0.194. The number of hydrogen-bond donors (Lipinski definition) is 11. The van der Waals surface area contributed by atoms with Gasteiger partial charge in [0, 0.05) is 113 Å². The summed E-state index contributed by atoms with van der Waals surface area (Å²) in [7, 11) is 14.1. The van der Waals surface area contributed by atoms with Gasteiger partial charge in [-0.1, -0.05) is 113 Å². The molecule has 0 radical (unpaired) electrons. The molecule has 38 nitrogen and oxygen atoms in total. The van der Waals surface area contributed by atoms with Gasteiger partial charge in [-0.15, -0.1) is 0 Å². The standard InChI is InChI=1S/C55H94N6O14.C14H27NO6S.C12H22O7.C7H16O4/c1-16-36(7)50(60(12)54(68)48(34(3)4)58-53(67)49(35(5)6)59(10)11)43(70-13)30-45(64)61-28-22-25-42(61)51(72-15)38(9)52(66)57-41(29-39-23-19-18-20-24-39)55(69)74-37(8)31-56-44(63)26-21-27-46(65)73-33-47(71-14)75-40(17-2)32-62;1-3-11(9-16)21-14(19-2)10-20-13(18)6-4-5-12(17)15-7-8-22;1-3-9(7-13)19-12(17-2)8-18-11(16)6-4-5-10(14)15;1-3-6(4-8)11-7(5-9)10-2/h18-20,23-24,34-38,40-43,47-51,62H,16-17,21-22,25-33H2,1-15H3,(H,56,63)(H,57,66)(H,58,67);11,14,16,22H,3-10H2,1-2H3,(H,15,17);9,12-13H,3-8H2,1-2H3,(H,14,15);6-9H,3-5H2,1-2H3/t36-,37?,38+,40?,41-,42-,43+,47?,48-,49-,50-,51+;;;/m0.../s1. The van der Waals surface area contributed by atoms with Gasteiger partial charge in [0.25, 0.3) is 0 Å². The second-order valence-corrected chi connectivity index (χ2v) is 32.0. The number of nitrogens with one attached hydrogen (secondary N) is 4. The summed E-state index contributed by atoms with van der Waals surface area (Å²) in [6.45, 7) is 22.5. The molecule has 2 rings (SSSR count).